The fourth-order valence-electron chi connectivity index (χ4n) is 3.44. The Bertz CT molecular complexity index is 1380. The first-order valence-electron chi connectivity index (χ1n) is 9.50. The number of thiophene rings is 1. The summed E-state index contributed by atoms with van der Waals surface area (Å²) in [7, 11) is -4.11. The quantitative estimate of drug-likeness (QED) is 0.297. The second-order valence-corrected chi connectivity index (χ2v) is 10.1. The van der Waals surface area contributed by atoms with Gasteiger partial charge in [-0.2, -0.15) is 13.2 Å². The van der Waals surface area contributed by atoms with Gasteiger partial charge in [0.05, 0.1) is 17.0 Å². The molecule has 9 heteroatoms. The van der Waals surface area contributed by atoms with Crippen LogP contribution >= 0.6 is 11.3 Å². The van der Waals surface area contributed by atoms with E-state index in [2.05, 4.69) is 0 Å². The number of benzene rings is 3. The molecular formula is C23H17F4NO2S2. The lowest BCUT2D eigenvalue weighted by atomic mass is 10.1. The number of nitrogens with zero attached hydrogens (tertiary/aromatic N) is 1. The van der Waals surface area contributed by atoms with Gasteiger partial charge in [0, 0.05) is 4.70 Å². The Labute approximate surface area is 186 Å². The lowest BCUT2D eigenvalue weighted by Crippen LogP contribution is -2.30. The largest absolute Gasteiger partial charge is 0.419 e. The summed E-state index contributed by atoms with van der Waals surface area (Å²) in [6.07, 6.45) is -4.89. The van der Waals surface area contributed by atoms with Crippen molar-refractivity contribution in [2.45, 2.75) is 24.5 Å². The molecule has 0 aliphatic carbocycles. The van der Waals surface area contributed by atoms with E-state index in [0.717, 1.165) is 14.4 Å². The monoisotopic (exact) mass is 479 g/mol. The molecule has 1 aromatic heterocycles. The summed E-state index contributed by atoms with van der Waals surface area (Å²) in [5, 5.41) is 1.25. The maximum atomic E-state index is 13.8. The van der Waals surface area contributed by atoms with Gasteiger partial charge >= 0.3 is 6.18 Å². The van der Waals surface area contributed by atoms with Crippen LogP contribution < -0.4 is 4.31 Å². The van der Waals surface area contributed by atoms with Gasteiger partial charge in [-0.05, 0) is 53.8 Å². The molecule has 0 atom stereocenters. The number of aryl methyl sites for hydroxylation is 1. The molecule has 0 aliphatic rings. The molecule has 0 unspecified atom stereocenters. The average Bonchev–Trinajstić information content (AvgIpc) is 3.09. The van der Waals surface area contributed by atoms with E-state index < -0.39 is 27.6 Å². The van der Waals surface area contributed by atoms with E-state index >= 15 is 0 Å². The number of hydrogen-bond acceptors (Lipinski definition) is 3. The number of alkyl halides is 3. The van der Waals surface area contributed by atoms with Crippen LogP contribution in [0.25, 0.3) is 10.1 Å². The number of halogens is 4. The van der Waals surface area contributed by atoms with Crippen LogP contribution in [0.3, 0.4) is 0 Å². The van der Waals surface area contributed by atoms with Crippen LogP contribution in [0.2, 0.25) is 0 Å². The minimum absolute atomic E-state index is 0.00927. The van der Waals surface area contributed by atoms with Crippen molar-refractivity contribution in [3.8, 4) is 0 Å². The standard InChI is InChI=1S/C23H17F4NO2S2/c1-15-18-9-5-6-10-21(18)31-22(15)28(32(29,30)17-7-3-2-4-8-17)14-16-11-12-20(24)19(13-16)23(25,26)27/h2-13H,14H2,1H3. The first-order chi connectivity index (χ1) is 15.1. The third-order valence-corrected chi connectivity index (χ3v) is 8.21. The summed E-state index contributed by atoms with van der Waals surface area (Å²) in [6.45, 7) is 1.39. The highest BCUT2D eigenvalue weighted by molar-refractivity contribution is 7.93. The summed E-state index contributed by atoms with van der Waals surface area (Å²) in [4.78, 5) is 0.00927. The van der Waals surface area contributed by atoms with Gasteiger partial charge in [-0.3, -0.25) is 4.31 Å². The van der Waals surface area contributed by atoms with Gasteiger partial charge in [-0.25, -0.2) is 12.8 Å². The van der Waals surface area contributed by atoms with Crippen LogP contribution in [-0.2, 0) is 22.7 Å². The molecule has 0 N–H and O–H groups in total. The van der Waals surface area contributed by atoms with E-state index in [-0.39, 0.29) is 17.0 Å². The Kier molecular flexibility index (Phi) is 5.72. The molecule has 3 nitrogen and oxygen atoms in total. The number of hydrogen-bond donors (Lipinski definition) is 0. The molecule has 3 aromatic carbocycles. The molecule has 166 valence electrons. The van der Waals surface area contributed by atoms with Crippen molar-refractivity contribution in [1.29, 1.82) is 0 Å². The molecule has 1 heterocycles. The summed E-state index contributed by atoms with van der Waals surface area (Å²) in [5.41, 5.74) is -0.710. The van der Waals surface area contributed by atoms with Gasteiger partial charge in [0.15, 0.2) is 0 Å². The van der Waals surface area contributed by atoms with Crippen molar-refractivity contribution in [1.82, 2.24) is 0 Å². The molecule has 32 heavy (non-hydrogen) atoms. The fraction of sp³-hybridized carbons (Fsp3) is 0.130. The molecule has 0 saturated heterocycles. The van der Waals surface area contributed by atoms with Crippen LogP contribution in [0.4, 0.5) is 22.6 Å². The van der Waals surface area contributed by atoms with E-state index in [9.17, 15) is 26.0 Å². The Morgan fingerprint density at radius 3 is 2.25 bits per heavy atom. The molecule has 0 radical (unpaired) electrons. The fourth-order valence-corrected chi connectivity index (χ4v) is 6.39. The molecule has 0 bridgehead atoms. The minimum Gasteiger partial charge on any atom is -0.252 e. The summed E-state index contributed by atoms with van der Waals surface area (Å²) < 4.78 is 82.5. The first-order valence-corrected chi connectivity index (χ1v) is 11.8. The van der Waals surface area contributed by atoms with Crippen molar-refractivity contribution in [2.75, 3.05) is 4.31 Å². The highest BCUT2D eigenvalue weighted by Crippen LogP contribution is 2.41. The molecule has 0 amide bonds. The van der Waals surface area contributed by atoms with E-state index in [4.69, 9.17) is 0 Å². The predicted octanol–water partition coefficient (Wildman–Crippen LogP) is 6.76. The van der Waals surface area contributed by atoms with E-state index in [1.165, 1.54) is 29.5 Å². The number of rotatable bonds is 5. The van der Waals surface area contributed by atoms with Gasteiger partial charge in [-0.1, -0.05) is 42.5 Å². The lowest BCUT2D eigenvalue weighted by Gasteiger charge is -2.24. The highest BCUT2D eigenvalue weighted by Gasteiger charge is 2.35. The molecule has 4 rings (SSSR count). The van der Waals surface area contributed by atoms with Gasteiger partial charge in [0.1, 0.15) is 10.8 Å². The summed E-state index contributed by atoms with van der Waals surface area (Å²) in [6, 6.07) is 17.6. The Morgan fingerprint density at radius 1 is 0.938 bits per heavy atom. The second-order valence-electron chi connectivity index (χ2n) is 7.17. The van der Waals surface area contributed by atoms with Crippen molar-refractivity contribution in [2.24, 2.45) is 0 Å². The number of fused-ring (bicyclic) bond motifs is 1. The van der Waals surface area contributed by atoms with Crippen LogP contribution in [-0.4, -0.2) is 8.42 Å². The van der Waals surface area contributed by atoms with Crippen LogP contribution in [0.5, 0.6) is 0 Å². The third-order valence-electron chi connectivity index (χ3n) is 5.04. The van der Waals surface area contributed by atoms with Crippen molar-refractivity contribution in [3.05, 3.63) is 95.3 Å². The Hall–Kier alpha value is -2.91. The molecule has 0 saturated carbocycles. The van der Waals surface area contributed by atoms with Gasteiger partial charge < -0.3 is 0 Å². The molecule has 0 spiro atoms. The third kappa shape index (κ3) is 4.10. The zero-order valence-electron chi connectivity index (χ0n) is 16.7. The molecular weight excluding hydrogens is 462 g/mol. The highest BCUT2D eigenvalue weighted by atomic mass is 32.2. The SMILES string of the molecule is Cc1c(N(Cc2ccc(F)c(C(F)(F)F)c2)S(=O)(=O)c2ccccc2)sc2ccccc12. The maximum Gasteiger partial charge on any atom is 0.419 e. The van der Waals surface area contributed by atoms with Crippen molar-refractivity contribution < 1.29 is 26.0 Å². The minimum atomic E-state index is -4.89. The summed E-state index contributed by atoms with van der Waals surface area (Å²) >= 11 is 1.24. The smallest absolute Gasteiger partial charge is 0.252 e. The van der Waals surface area contributed by atoms with Crippen molar-refractivity contribution in [3.63, 3.8) is 0 Å². The Balaban J connectivity index is 1.88. The zero-order chi connectivity index (χ0) is 23.1. The average molecular weight is 480 g/mol. The first kappa shape index (κ1) is 22.3. The van der Waals surface area contributed by atoms with Crippen LogP contribution in [0, 0.1) is 12.7 Å². The normalized spacial score (nSPS) is 12.3. The number of anilines is 1. The van der Waals surface area contributed by atoms with Gasteiger partial charge in [-0.15, -0.1) is 11.3 Å². The Morgan fingerprint density at radius 2 is 1.59 bits per heavy atom. The molecule has 0 fully saturated rings. The van der Waals surface area contributed by atoms with Crippen LogP contribution in [0.15, 0.2) is 77.7 Å². The van der Waals surface area contributed by atoms with Crippen molar-refractivity contribution >= 4 is 36.4 Å². The number of sulfonamides is 1. The molecule has 0 aliphatic heterocycles. The van der Waals surface area contributed by atoms with E-state index in [1.54, 1.807) is 25.1 Å². The van der Waals surface area contributed by atoms with Crippen LogP contribution in [0.1, 0.15) is 16.7 Å². The van der Waals surface area contributed by atoms with E-state index in [0.29, 0.717) is 22.7 Å². The second kappa shape index (κ2) is 8.22. The zero-order valence-corrected chi connectivity index (χ0v) is 18.4. The van der Waals surface area contributed by atoms with Gasteiger partial charge in [0.2, 0.25) is 0 Å². The van der Waals surface area contributed by atoms with Gasteiger partial charge in [0.25, 0.3) is 10.0 Å². The summed E-state index contributed by atoms with van der Waals surface area (Å²) in [5.74, 6) is -1.41. The van der Waals surface area contributed by atoms with E-state index in [1.807, 2.05) is 24.3 Å². The predicted molar refractivity (Wildman–Crippen MR) is 118 cm³/mol. The lowest BCUT2D eigenvalue weighted by molar-refractivity contribution is -0.140. The molecule has 4 aromatic rings. The maximum absolute atomic E-state index is 13.8. The topological polar surface area (TPSA) is 37.4 Å².